The molecule has 0 aromatic heterocycles. The SMILES string of the molecule is CC(C)CC(C)(C(=O)OCC(O)COC(=O)C1CC(C)(C)N(O)C(C)(C)C1)C(C)C. The monoisotopic (exact) mass is 429 g/mol. The maximum Gasteiger partial charge on any atom is 0.312 e. The van der Waals surface area contributed by atoms with Gasteiger partial charge in [0.15, 0.2) is 0 Å². The van der Waals surface area contributed by atoms with Crippen LogP contribution in [0.3, 0.4) is 0 Å². The first-order chi connectivity index (χ1) is 13.5. The van der Waals surface area contributed by atoms with Crippen molar-refractivity contribution in [1.82, 2.24) is 5.06 Å². The molecule has 7 nitrogen and oxygen atoms in total. The number of carbonyl (C=O) groups excluding carboxylic acids is 2. The third-order valence-corrected chi connectivity index (χ3v) is 6.37. The molecule has 0 aromatic carbocycles. The molecular weight excluding hydrogens is 386 g/mol. The number of hydrogen-bond donors (Lipinski definition) is 2. The lowest BCUT2D eigenvalue weighted by atomic mass is 9.73. The summed E-state index contributed by atoms with van der Waals surface area (Å²) in [5.74, 6) is -0.665. The van der Waals surface area contributed by atoms with Crippen molar-refractivity contribution in [1.29, 1.82) is 0 Å². The van der Waals surface area contributed by atoms with E-state index in [0.29, 0.717) is 25.2 Å². The van der Waals surface area contributed by atoms with Crippen LogP contribution in [-0.4, -0.2) is 57.7 Å². The van der Waals surface area contributed by atoms with E-state index in [-0.39, 0.29) is 31.0 Å². The molecule has 0 aromatic rings. The van der Waals surface area contributed by atoms with E-state index in [0.717, 1.165) is 0 Å². The van der Waals surface area contributed by atoms with Gasteiger partial charge in [0.25, 0.3) is 0 Å². The van der Waals surface area contributed by atoms with Gasteiger partial charge in [0, 0.05) is 11.1 Å². The third kappa shape index (κ3) is 6.66. The fourth-order valence-electron chi connectivity index (χ4n) is 4.52. The standard InChI is InChI=1S/C23H43NO6/c1-15(2)10-23(9,16(3)4)20(27)30-14-18(25)13-29-19(26)17-11-21(5,6)24(28)22(7,8)12-17/h15-18,25,28H,10-14H2,1-9H3. The van der Waals surface area contributed by atoms with Crippen molar-refractivity contribution in [3.05, 3.63) is 0 Å². The molecule has 0 radical (unpaired) electrons. The number of hydrogen-bond acceptors (Lipinski definition) is 7. The lowest BCUT2D eigenvalue weighted by Crippen LogP contribution is -2.60. The van der Waals surface area contributed by atoms with Crippen LogP contribution in [0.15, 0.2) is 0 Å². The highest BCUT2D eigenvalue weighted by Gasteiger charge is 2.47. The molecule has 1 aliphatic rings. The molecule has 7 heteroatoms. The molecule has 2 atom stereocenters. The van der Waals surface area contributed by atoms with Gasteiger partial charge >= 0.3 is 11.9 Å². The van der Waals surface area contributed by atoms with E-state index in [1.54, 1.807) is 0 Å². The van der Waals surface area contributed by atoms with Crippen LogP contribution in [0.25, 0.3) is 0 Å². The zero-order valence-corrected chi connectivity index (χ0v) is 20.3. The summed E-state index contributed by atoms with van der Waals surface area (Å²) in [6.45, 7) is 17.1. The minimum Gasteiger partial charge on any atom is -0.463 e. The van der Waals surface area contributed by atoms with Gasteiger partial charge in [-0.05, 0) is 65.7 Å². The molecule has 0 aliphatic carbocycles. The number of nitrogens with zero attached hydrogens (tertiary/aromatic N) is 1. The van der Waals surface area contributed by atoms with Crippen molar-refractivity contribution in [3.8, 4) is 0 Å². The Bertz CT molecular complexity index is 583. The fraction of sp³-hybridized carbons (Fsp3) is 0.913. The van der Waals surface area contributed by atoms with Crippen LogP contribution in [0, 0.1) is 23.2 Å². The van der Waals surface area contributed by atoms with Gasteiger partial charge < -0.3 is 19.8 Å². The van der Waals surface area contributed by atoms with E-state index in [1.165, 1.54) is 5.06 Å². The quantitative estimate of drug-likeness (QED) is 0.538. The van der Waals surface area contributed by atoms with Crippen molar-refractivity contribution in [2.75, 3.05) is 13.2 Å². The second-order valence-corrected chi connectivity index (χ2v) is 11.1. The summed E-state index contributed by atoms with van der Waals surface area (Å²) < 4.78 is 10.7. The molecule has 0 spiro atoms. The normalized spacial score (nSPS) is 22.6. The Morgan fingerprint density at radius 1 is 1.03 bits per heavy atom. The van der Waals surface area contributed by atoms with E-state index in [1.807, 2.05) is 48.5 Å². The van der Waals surface area contributed by atoms with Gasteiger partial charge in [0.1, 0.15) is 19.3 Å². The van der Waals surface area contributed by atoms with Crippen molar-refractivity contribution in [2.24, 2.45) is 23.2 Å². The van der Waals surface area contributed by atoms with Gasteiger partial charge in [-0.25, -0.2) is 0 Å². The summed E-state index contributed by atoms with van der Waals surface area (Å²) in [7, 11) is 0. The molecule has 176 valence electrons. The Morgan fingerprint density at radius 3 is 1.93 bits per heavy atom. The maximum atomic E-state index is 12.6. The molecule has 1 heterocycles. The molecule has 2 unspecified atom stereocenters. The number of rotatable bonds is 9. The molecule has 2 N–H and O–H groups in total. The van der Waals surface area contributed by atoms with E-state index < -0.39 is 28.6 Å². The molecule has 0 saturated carbocycles. The summed E-state index contributed by atoms with van der Waals surface area (Å²) in [6.07, 6.45) is 0.536. The molecule has 1 aliphatic heterocycles. The highest BCUT2D eigenvalue weighted by Crippen LogP contribution is 2.40. The summed E-state index contributed by atoms with van der Waals surface area (Å²) >= 11 is 0. The summed E-state index contributed by atoms with van der Waals surface area (Å²) in [4.78, 5) is 25.2. The number of aliphatic hydroxyl groups is 1. The average molecular weight is 430 g/mol. The summed E-state index contributed by atoms with van der Waals surface area (Å²) in [6, 6.07) is 0. The Kier molecular flexibility index (Phi) is 8.92. The van der Waals surface area contributed by atoms with Crippen molar-refractivity contribution < 1.29 is 29.4 Å². The molecule has 1 rings (SSSR count). The zero-order valence-electron chi connectivity index (χ0n) is 20.3. The predicted octanol–water partition coefficient (Wildman–Crippen LogP) is 3.80. The van der Waals surface area contributed by atoms with Gasteiger partial charge in [-0.15, -0.1) is 0 Å². The van der Waals surface area contributed by atoms with E-state index in [2.05, 4.69) is 13.8 Å². The smallest absolute Gasteiger partial charge is 0.312 e. The molecule has 0 bridgehead atoms. The highest BCUT2D eigenvalue weighted by molar-refractivity contribution is 5.76. The van der Waals surface area contributed by atoms with Crippen LogP contribution in [0.1, 0.15) is 81.6 Å². The van der Waals surface area contributed by atoms with Crippen molar-refractivity contribution >= 4 is 11.9 Å². The van der Waals surface area contributed by atoms with E-state index in [4.69, 9.17) is 9.47 Å². The van der Waals surface area contributed by atoms with E-state index in [9.17, 15) is 19.9 Å². The second kappa shape index (κ2) is 9.96. The number of ether oxygens (including phenoxy) is 2. The number of piperidine rings is 1. The number of hydroxylamine groups is 2. The number of esters is 2. The summed E-state index contributed by atoms with van der Waals surface area (Å²) in [5, 5.41) is 21.8. The fourth-order valence-corrected chi connectivity index (χ4v) is 4.52. The van der Waals surface area contributed by atoms with Crippen molar-refractivity contribution in [2.45, 2.75) is 98.8 Å². The van der Waals surface area contributed by atoms with Gasteiger partial charge in [0.05, 0.1) is 11.3 Å². The molecule has 1 fully saturated rings. The number of carbonyl (C=O) groups is 2. The number of aliphatic hydroxyl groups excluding tert-OH is 1. The van der Waals surface area contributed by atoms with Crippen LogP contribution >= 0.6 is 0 Å². The van der Waals surface area contributed by atoms with Crippen LogP contribution in [0.4, 0.5) is 0 Å². The molecule has 30 heavy (non-hydrogen) atoms. The topological polar surface area (TPSA) is 96.3 Å². The first-order valence-electron chi connectivity index (χ1n) is 11.0. The Morgan fingerprint density at radius 2 is 1.50 bits per heavy atom. The first-order valence-corrected chi connectivity index (χ1v) is 11.0. The third-order valence-electron chi connectivity index (χ3n) is 6.37. The molecular formula is C23H43NO6. The highest BCUT2D eigenvalue weighted by atomic mass is 16.6. The largest absolute Gasteiger partial charge is 0.463 e. The lowest BCUT2D eigenvalue weighted by molar-refractivity contribution is -0.252. The van der Waals surface area contributed by atoms with Crippen LogP contribution < -0.4 is 0 Å². The van der Waals surface area contributed by atoms with Crippen LogP contribution in [0.5, 0.6) is 0 Å². The molecule has 0 amide bonds. The van der Waals surface area contributed by atoms with Crippen LogP contribution in [0.2, 0.25) is 0 Å². The zero-order chi connectivity index (χ0) is 23.5. The maximum absolute atomic E-state index is 12.6. The van der Waals surface area contributed by atoms with Gasteiger partial charge in [-0.3, -0.25) is 9.59 Å². The predicted molar refractivity (Wildman–Crippen MR) is 115 cm³/mol. The van der Waals surface area contributed by atoms with Crippen molar-refractivity contribution in [3.63, 3.8) is 0 Å². The van der Waals surface area contributed by atoms with E-state index >= 15 is 0 Å². The Balaban J connectivity index is 2.57. The Hall–Kier alpha value is -1.18. The average Bonchev–Trinajstić information content (AvgIpc) is 2.60. The first kappa shape index (κ1) is 26.9. The second-order valence-electron chi connectivity index (χ2n) is 11.1. The van der Waals surface area contributed by atoms with Gasteiger partial charge in [-0.2, -0.15) is 5.06 Å². The van der Waals surface area contributed by atoms with Gasteiger partial charge in [-0.1, -0.05) is 27.7 Å². The molecule has 1 saturated heterocycles. The summed E-state index contributed by atoms with van der Waals surface area (Å²) in [5.41, 5.74) is -1.74. The van der Waals surface area contributed by atoms with Gasteiger partial charge in [0.2, 0.25) is 0 Å². The lowest BCUT2D eigenvalue weighted by Gasteiger charge is -2.50. The minimum atomic E-state index is -1.08. The minimum absolute atomic E-state index is 0.103. The van der Waals surface area contributed by atoms with Crippen LogP contribution in [-0.2, 0) is 19.1 Å². The Labute approximate surface area is 182 Å².